The molecule has 0 saturated carbocycles. The lowest BCUT2D eigenvalue weighted by Gasteiger charge is -2.19. The van der Waals surface area contributed by atoms with Crippen LogP contribution in [-0.4, -0.2) is 24.2 Å². The molecule has 0 bridgehead atoms. The predicted molar refractivity (Wildman–Crippen MR) is 80.7 cm³/mol. The van der Waals surface area contributed by atoms with Crippen LogP contribution in [0, 0.1) is 23.6 Å². The first-order valence-electron chi connectivity index (χ1n) is 7.67. The third-order valence-corrected chi connectivity index (χ3v) is 4.10. The first-order chi connectivity index (χ1) is 9.95. The van der Waals surface area contributed by atoms with Crippen LogP contribution in [-0.2, 0) is 17.6 Å². The molecule has 21 heavy (non-hydrogen) atoms. The summed E-state index contributed by atoms with van der Waals surface area (Å²) in [5.41, 5.74) is 1.75. The maximum atomic E-state index is 13.7. The van der Waals surface area contributed by atoms with Crippen molar-refractivity contribution in [1.29, 1.82) is 0 Å². The highest BCUT2D eigenvalue weighted by atomic mass is 19.1. The topological polar surface area (TPSA) is 49.3 Å². The fraction of sp³-hybridized carbons (Fsp3) is 0.588. The highest BCUT2D eigenvalue weighted by Gasteiger charge is 2.30. The van der Waals surface area contributed by atoms with Crippen LogP contribution in [0.4, 0.5) is 4.39 Å². The zero-order chi connectivity index (χ0) is 15.4. The normalized spacial score (nSPS) is 19.9. The second-order valence-electron chi connectivity index (χ2n) is 6.47. The average molecular weight is 293 g/mol. The summed E-state index contributed by atoms with van der Waals surface area (Å²) in [7, 11) is 0. The largest absolute Gasteiger partial charge is 0.481 e. The molecular weight excluding hydrogens is 269 g/mol. The predicted octanol–water partition coefficient (Wildman–Crippen LogP) is 2.88. The van der Waals surface area contributed by atoms with E-state index in [0.717, 1.165) is 37.1 Å². The van der Waals surface area contributed by atoms with Gasteiger partial charge in [0, 0.05) is 0 Å². The van der Waals surface area contributed by atoms with E-state index in [9.17, 15) is 14.3 Å². The molecule has 2 rings (SSSR count). The molecule has 0 aromatic heterocycles. The molecule has 2 N–H and O–H groups in total. The Morgan fingerprint density at radius 1 is 1.33 bits per heavy atom. The molecule has 1 aliphatic heterocycles. The summed E-state index contributed by atoms with van der Waals surface area (Å²) in [6, 6.07) is 4.99. The molecule has 4 heteroatoms. The second kappa shape index (κ2) is 7.03. The zero-order valence-corrected chi connectivity index (χ0v) is 12.7. The number of benzene rings is 1. The highest BCUT2D eigenvalue weighted by molar-refractivity contribution is 5.71. The van der Waals surface area contributed by atoms with Crippen LogP contribution in [0.15, 0.2) is 18.2 Å². The molecule has 0 spiro atoms. The minimum Gasteiger partial charge on any atom is -0.481 e. The number of hydrogen-bond acceptors (Lipinski definition) is 2. The van der Waals surface area contributed by atoms with Crippen LogP contribution in [0.2, 0.25) is 0 Å². The van der Waals surface area contributed by atoms with E-state index in [-0.39, 0.29) is 11.7 Å². The van der Waals surface area contributed by atoms with E-state index in [1.807, 2.05) is 6.07 Å². The van der Waals surface area contributed by atoms with Gasteiger partial charge >= 0.3 is 5.97 Å². The SMILES string of the molecule is CC(C)Cc1cc(F)cc(CC(C(=O)O)C2CCNC2)c1. The van der Waals surface area contributed by atoms with E-state index in [4.69, 9.17) is 0 Å². The molecule has 2 atom stereocenters. The monoisotopic (exact) mass is 293 g/mol. The van der Waals surface area contributed by atoms with Crippen molar-refractivity contribution in [3.63, 3.8) is 0 Å². The number of carboxylic acids is 1. The summed E-state index contributed by atoms with van der Waals surface area (Å²) in [5.74, 6) is -0.892. The molecule has 2 unspecified atom stereocenters. The third-order valence-electron chi connectivity index (χ3n) is 4.10. The van der Waals surface area contributed by atoms with E-state index in [1.54, 1.807) is 6.07 Å². The summed E-state index contributed by atoms with van der Waals surface area (Å²) in [4.78, 5) is 11.5. The molecule has 1 heterocycles. The number of halogens is 1. The third kappa shape index (κ3) is 4.53. The maximum Gasteiger partial charge on any atom is 0.307 e. The van der Waals surface area contributed by atoms with Crippen LogP contribution >= 0.6 is 0 Å². The number of rotatable bonds is 6. The van der Waals surface area contributed by atoms with Crippen LogP contribution in [0.25, 0.3) is 0 Å². The lowest BCUT2D eigenvalue weighted by molar-refractivity contribution is -0.143. The van der Waals surface area contributed by atoms with Gasteiger partial charge in [0.2, 0.25) is 0 Å². The van der Waals surface area contributed by atoms with Gasteiger partial charge in [-0.3, -0.25) is 4.79 Å². The Morgan fingerprint density at radius 2 is 2.00 bits per heavy atom. The Morgan fingerprint density at radius 3 is 2.52 bits per heavy atom. The molecule has 1 aliphatic rings. The molecule has 3 nitrogen and oxygen atoms in total. The Hall–Kier alpha value is -1.42. The van der Waals surface area contributed by atoms with E-state index >= 15 is 0 Å². The van der Waals surface area contributed by atoms with Gasteiger partial charge in [0.1, 0.15) is 5.82 Å². The van der Waals surface area contributed by atoms with E-state index in [0.29, 0.717) is 12.3 Å². The Labute approximate surface area is 125 Å². The lowest BCUT2D eigenvalue weighted by atomic mass is 9.85. The van der Waals surface area contributed by atoms with Crippen LogP contribution in [0.1, 0.15) is 31.4 Å². The molecule has 1 aromatic rings. The number of hydrogen-bond donors (Lipinski definition) is 2. The fourth-order valence-corrected chi connectivity index (χ4v) is 3.15. The minimum atomic E-state index is -0.779. The van der Waals surface area contributed by atoms with E-state index in [2.05, 4.69) is 19.2 Å². The van der Waals surface area contributed by atoms with Crippen molar-refractivity contribution < 1.29 is 14.3 Å². The fourth-order valence-electron chi connectivity index (χ4n) is 3.15. The summed E-state index contributed by atoms with van der Waals surface area (Å²) in [5, 5.41) is 12.7. The van der Waals surface area contributed by atoms with Gasteiger partial charge in [0.15, 0.2) is 0 Å². The van der Waals surface area contributed by atoms with Crippen molar-refractivity contribution in [3.05, 3.63) is 35.1 Å². The van der Waals surface area contributed by atoms with Crippen molar-refractivity contribution in [3.8, 4) is 0 Å². The van der Waals surface area contributed by atoms with Crippen LogP contribution in [0.5, 0.6) is 0 Å². The van der Waals surface area contributed by atoms with Gasteiger partial charge in [-0.05, 0) is 67.4 Å². The second-order valence-corrected chi connectivity index (χ2v) is 6.47. The van der Waals surface area contributed by atoms with Gasteiger partial charge in [-0.2, -0.15) is 0 Å². The highest BCUT2D eigenvalue weighted by Crippen LogP contribution is 2.25. The first-order valence-corrected chi connectivity index (χ1v) is 7.67. The van der Waals surface area contributed by atoms with Gasteiger partial charge in [0.05, 0.1) is 5.92 Å². The van der Waals surface area contributed by atoms with E-state index in [1.165, 1.54) is 6.07 Å². The Bertz CT molecular complexity index is 496. The van der Waals surface area contributed by atoms with Crippen molar-refractivity contribution in [2.45, 2.75) is 33.1 Å². The average Bonchev–Trinajstić information content (AvgIpc) is 2.87. The number of carboxylic acid groups (broad SMARTS) is 1. The standard InChI is InChI=1S/C17H24FNO2/c1-11(2)5-12-6-13(8-15(18)7-12)9-16(17(20)21)14-3-4-19-10-14/h6-8,11,14,16,19H,3-5,9-10H2,1-2H3,(H,20,21). The summed E-state index contributed by atoms with van der Waals surface area (Å²) in [6.45, 7) is 5.80. The van der Waals surface area contributed by atoms with Gasteiger partial charge in [0.25, 0.3) is 0 Å². The van der Waals surface area contributed by atoms with Crippen LogP contribution in [0.3, 0.4) is 0 Å². The van der Waals surface area contributed by atoms with Gasteiger partial charge in [-0.15, -0.1) is 0 Å². The van der Waals surface area contributed by atoms with Gasteiger partial charge < -0.3 is 10.4 Å². The summed E-state index contributed by atoms with van der Waals surface area (Å²) in [6.07, 6.45) is 2.10. The molecule has 116 valence electrons. The molecule has 1 saturated heterocycles. The summed E-state index contributed by atoms with van der Waals surface area (Å²) >= 11 is 0. The molecule has 1 aromatic carbocycles. The van der Waals surface area contributed by atoms with E-state index < -0.39 is 11.9 Å². The maximum absolute atomic E-state index is 13.7. The molecular formula is C17H24FNO2. The smallest absolute Gasteiger partial charge is 0.307 e. The van der Waals surface area contributed by atoms with Crippen LogP contribution < -0.4 is 5.32 Å². The quantitative estimate of drug-likeness (QED) is 0.848. The minimum absolute atomic E-state index is 0.138. The van der Waals surface area contributed by atoms with Crippen molar-refractivity contribution >= 4 is 5.97 Å². The summed E-state index contributed by atoms with van der Waals surface area (Å²) < 4.78 is 13.7. The lowest BCUT2D eigenvalue weighted by Crippen LogP contribution is -2.27. The molecule has 0 amide bonds. The molecule has 1 fully saturated rings. The zero-order valence-electron chi connectivity index (χ0n) is 12.7. The number of carbonyl (C=O) groups is 1. The Kier molecular flexibility index (Phi) is 5.34. The number of aliphatic carboxylic acids is 1. The van der Waals surface area contributed by atoms with Gasteiger partial charge in [-0.1, -0.05) is 19.9 Å². The van der Waals surface area contributed by atoms with Gasteiger partial charge in [-0.25, -0.2) is 4.39 Å². The number of nitrogens with one attached hydrogen (secondary N) is 1. The Balaban J connectivity index is 2.15. The molecule has 0 radical (unpaired) electrons. The first kappa shape index (κ1) is 16.0. The van der Waals surface area contributed by atoms with Crippen molar-refractivity contribution in [1.82, 2.24) is 5.32 Å². The van der Waals surface area contributed by atoms with Crippen molar-refractivity contribution in [2.75, 3.05) is 13.1 Å². The molecule has 0 aliphatic carbocycles. The van der Waals surface area contributed by atoms with Crippen molar-refractivity contribution in [2.24, 2.45) is 17.8 Å².